The van der Waals surface area contributed by atoms with Gasteiger partial charge in [-0.1, -0.05) is 17.8 Å². The van der Waals surface area contributed by atoms with Crippen LogP contribution < -0.4 is 14.8 Å². The van der Waals surface area contributed by atoms with E-state index in [0.29, 0.717) is 28.0 Å². The average molecular weight is 496 g/mol. The van der Waals surface area contributed by atoms with Crippen LogP contribution in [0.5, 0.6) is 11.5 Å². The summed E-state index contributed by atoms with van der Waals surface area (Å²) in [6, 6.07) is 16.4. The number of hydrogen-bond donors (Lipinski definition) is 1. The number of nitrogens with one attached hydrogen (secondary N) is 1. The SMILES string of the molecule is O=C(CC1SC(=Nc2ccc(F)cc2)N(Cc2ccc3c(c2)OCO3)C1=O)Nc1ccc(F)cc1. The zero-order chi connectivity index (χ0) is 24.4. The van der Waals surface area contributed by atoms with Gasteiger partial charge in [0, 0.05) is 12.1 Å². The molecule has 1 saturated heterocycles. The number of nitrogens with zero attached hydrogens (tertiary/aromatic N) is 2. The van der Waals surface area contributed by atoms with Crippen molar-refractivity contribution in [3.63, 3.8) is 0 Å². The van der Waals surface area contributed by atoms with Crippen molar-refractivity contribution >= 4 is 40.1 Å². The van der Waals surface area contributed by atoms with Crippen molar-refractivity contribution in [3.05, 3.63) is 83.9 Å². The lowest BCUT2D eigenvalue weighted by atomic mass is 10.1. The van der Waals surface area contributed by atoms with Crippen LogP contribution >= 0.6 is 11.8 Å². The molecule has 3 aromatic carbocycles. The average Bonchev–Trinajstić information content (AvgIpc) is 3.42. The fourth-order valence-electron chi connectivity index (χ4n) is 3.63. The minimum Gasteiger partial charge on any atom is -0.454 e. The van der Waals surface area contributed by atoms with E-state index >= 15 is 0 Å². The number of carbonyl (C=O) groups excluding carboxylic acids is 2. The molecule has 2 aliphatic rings. The molecule has 35 heavy (non-hydrogen) atoms. The third-order valence-electron chi connectivity index (χ3n) is 5.35. The number of ether oxygens (including phenoxy) is 2. The van der Waals surface area contributed by atoms with Gasteiger partial charge in [0.2, 0.25) is 18.6 Å². The van der Waals surface area contributed by atoms with Crippen LogP contribution in [0.1, 0.15) is 12.0 Å². The van der Waals surface area contributed by atoms with Crippen LogP contribution in [0.4, 0.5) is 20.2 Å². The summed E-state index contributed by atoms with van der Waals surface area (Å²) in [6.45, 7) is 0.346. The first kappa shape index (κ1) is 22.9. The van der Waals surface area contributed by atoms with E-state index in [9.17, 15) is 18.4 Å². The van der Waals surface area contributed by atoms with E-state index < -0.39 is 16.9 Å². The third kappa shape index (κ3) is 5.27. The Morgan fingerprint density at radius 2 is 1.69 bits per heavy atom. The van der Waals surface area contributed by atoms with Crippen LogP contribution in [0.3, 0.4) is 0 Å². The molecule has 2 heterocycles. The van der Waals surface area contributed by atoms with Gasteiger partial charge in [-0.05, 0) is 66.2 Å². The molecule has 1 atom stereocenters. The zero-order valence-corrected chi connectivity index (χ0v) is 19.1. The van der Waals surface area contributed by atoms with Gasteiger partial charge in [0.25, 0.3) is 0 Å². The standard InChI is InChI=1S/C25H19F2N3O4S/c26-16-2-6-18(7-3-16)28-23(31)12-22-24(32)30(13-15-1-10-20-21(11-15)34-14-33-20)25(35-22)29-19-8-4-17(27)5-9-19/h1-11,22H,12-14H2,(H,28,31). The number of amidine groups is 1. The molecule has 0 radical (unpaired) electrons. The Bertz CT molecular complexity index is 1300. The van der Waals surface area contributed by atoms with Crippen molar-refractivity contribution < 1.29 is 27.8 Å². The summed E-state index contributed by atoms with van der Waals surface area (Å²) in [5.74, 6) is -0.237. The summed E-state index contributed by atoms with van der Waals surface area (Å²) in [7, 11) is 0. The predicted molar refractivity (Wildman–Crippen MR) is 128 cm³/mol. The highest BCUT2D eigenvalue weighted by Gasteiger charge is 2.39. The van der Waals surface area contributed by atoms with Gasteiger partial charge in [-0.15, -0.1) is 0 Å². The molecule has 1 unspecified atom stereocenters. The Hall–Kier alpha value is -3.92. The van der Waals surface area contributed by atoms with Crippen LogP contribution in [0.2, 0.25) is 0 Å². The highest BCUT2D eigenvalue weighted by Crippen LogP contribution is 2.36. The number of halogens is 2. The molecule has 3 aromatic rings. The second-order valence-corrected chi connectivity index (χ2v) is 9.02. The highest BCUT2D eigenvalue weighted by atomic mass is 32.2. The first-order chi connectivity index (χ1) is 16.9. The van der Waals surface area contributed by atoms with E-state index in [0.717, 1.165) is 5.56 Å². The number of thioether (sulfide) groups is 1. The molecule has 0 bridgehead atoms. The number of hydrogen-bond acceptors (Lipinski definition) is 6. The van der Waals surface area contributed by atoms with Crippen molar-refractivity contribution in [1.29, 1.82) is 0 Å². The summed E-state index contributed by atoms with van der Waals surface area (Å²) in [5, 5.41) is 2.38. The van der Waals surface area contributed by atoms with Crippen molar-refractivity contribution in [2.24, 2.45) is 4.99 Å². The molecular formula is C25H19F2N3O4S. The molecule has 0 spiro atoms. The monoisotopic (exact) mass is 495 g/mol. The van der Waals surface area contributed by atoms with Crippen LogP contribution in [0.25, 0.3) is 0 Å². The topological polar surface area (TPSA) is 80.2 Å². The quantitative estimate of drug-likeness (QED) is 0.529. The molecular weight excluding hydrogens is 476 g/mol. The van der Waals surface area contributed by atoms with E-state index in [2.05, 4.69) is 10.3 Å². The van der Waals surface area contributed by atoms with Crippen LogP contribution in [0.15, 0.2) is 71.7 Å². The van der Waals surface area contributed by atoms with E-state index in [1.165, 1.54) is 65.2 Å². The molecule has 2 amide bonds. The first-order valence-electron chi connectivity index (χ1n) is 10.7. The summed E-state index contributed by atoms with van der Waals surface area (Å²) < 4.78 is 37.2. The lowest BCUT2D eigenvalue weighted by Crippen LogP contribution is -2.33. The first-order valence-corrected chi connectivity index (χ1v) is 11.6. The minimum atomic E-state index is -0.705. The maximum atomic E-state index is 13.3. The lowest BCUT2D eigenvalue weighted by molar-refractivity contribution is -0.128. The van der Waals surface area contributed by atoms with Gasteiger partial charge in [-0.25, -0.2) is 13.8 Å². The van der Waals surface area contributed by atoms with E-state index in [1.807, 2.05) is 6.07 Å². The third-order valence-corrected chi connectivity index (χ3v) is 6.52. The maximum absolute atomic E-state index is 13.3. The van der Waals surface area contributed by atoms with Crippen LogP contribution in [-0.4, -0.2) is 33.9 Å². The Labute approximate surface area is 203 Å². The molecule has 10 heteroatoms. The molecule has 178 valence electrons. The normalized spacial score (nSPS) is 17.8. The Balaban J connectivity index is 1.36. The summed E-state index contributed by atoms with van der Waals surface area (Å²) in [5.41, 5.74) is 1.71. The van der Waals surface area contributed by atoms with Crippen LogP contribution in [-0.2, 0) is 16.1 Å². The minimum absolute atomic E-state index is 0.0963. The fourth-order valence-corrected chi connectivity index (χ4v) is 4.79. The van der Waals surface area contributed by atoms with Crippen molar-refractivity contribution in [2.45, 2.75) is 18.2 Å². The summed E-state index contributed by atoms with van der Waals surface area (Å²) in [6.07, 6.45) is -0.0963. The van der Waals surface area contributed by atoms with Crippen molar-refractivity contribution in [1.82, 2.24) is 4.90 Å². The smallest absolute Gasteiger partial charge is 0.242 e. The fraction of sp³-hybridized carbons (Fsp3) is 0.160. The molecule has 5 rings (SSSR count). The highest BCUT2D eigenvalue weighted by molar-refractivity contribution is 8.15. The maximum Gasteiger partial charge on any atom is 0.242 e. The summed E-state index contributed by atoms with van der Waals surface area (Å²) >= 11 is 1.17. The largest absolute Gasteiger partial charge is 0.454 e. The molecule has 1 N–H and O–H groups in total. The molecule has 1 fully saturated rings. The van der Waals surface area contributed by atoms with Crippen molar-refractivity contribution in [2.75, 3.05) is 12.1 Å². The van der Waals surface area contributed by atoms with Gasteiger partial charge >= 0.3 is 0 Å². The Kier molecular flexibility index (Phi) is 6.37. The van der Waals surface area contributed by atoms with Gasteiger partial charge in [-0.2, -0.15) is 0 Å². The van der Waals surface area contributed by atoms with E-state index in [4.69, 9.17) is 9.47 Å². The predicted octanol–water partition coefficient (Wildman–Crippen LogP) is 4.85. The molecule has 2 aliphatic heterocycles. The Morgan fingerprint density at radius 1 is 1.00 bits per heavy atom. The van der Waals surface area contributed by atoms with Crippen molar-refractivity contribution in [3.8, 4) is 11.5 Å². The number of amides is 2. The number of anilines is 1. The number of rotatable bonds is 6. The number of benzene rings is 3. The Morgan fingerprint density at radius 3 is 2.43 bits per heavy atom. The lowest BCUT2D eigenvalue weighted by Gasteiger charge is -2.17. The van der Waals surface area contributed by atoms with Gasteiger partial charge < -0.3 is 14.8 Å². The zero-order valence-electron chi connectivity index (χ0n) is 18.2. The molecule has 0 saturated carbocycles. The van der Waals surface area contributed by atoms with Crippen LogP contribution in [0, 0.1) is 11.6 Å². The van der Waals surface area contributed by atoms with E-state index in [-0.39, 0.29) is 31.6 Å². The molecule has 7 nitrogen and oxygen atoms in total. The van der Waals surface area contributed by atoms with E-state index in [1.54, 1.807) is 12.1 Å². The summed E-state index contributed by atoms with van der Waals surface area (Å²) in [4.78, 5) is 31.9. The second kappa shape index (κ2) is 9.75. The number of fused-ring (bicyclic) bond motifs is 1. The second-order valence-electron chi connectivity index (χ2n) is 7.85. The van der Waals surface area contributed by atoms with Gasteiger partial charge in [0.15, 0.2) is 16.7 Å². The van der Waals surface area contributed by atoms with Gasteiger partial charge in [0.05, 0.1) is 12.2 Å². The molecule has 0 aliphatic carbocycles. The van der Waals surface area contributed by atoms with Gasteiger partial charge in [0.1, 0.15) is 16.9 Å². The van der Waals surface area contributed by atoms with Gasteiger partial charge in [-0.3, -0.25) is 14.5 Å². The number of carbonyl (C=O) groups is 2. The number of aliphatic imine (C=N–C) groups is 1. The molecule has 0 aromatic heterocycles.